The van der Waals surface area contributed by atoms with E-state index < -0.39 is 21.2 Å². The Morgan fingerprint density at radius 3 is 2.43 bits per heavy atom. The fraction of sp³-hybridized carbons (Fsp3) is 0.158. The molecule has 2 N–H and O–H groups in total. The van der Waals surface area contributed by atoms with Crippen molar-refractivity contribution in [3.05, 3.63) is 83.5 Å². The maximum atomic E-state index is 13.1. The van der Waals surface area contributed by atoms with Gasteiger partial charge < -0.3 is 10.4 Å². The highest BCUT2D eigenvalue weighted by Gasteiger charge is 2.31. The number of hydrogen-bond donors (Lipinski definition) is 2. The standard InChI is InChI=1S/C19H21N3O5S/c1-4-12-20-17-11-8-15(13-18(17)22(24)25)21(19(23)5-2)28(26,27)16-9-6-14(3)7-10-16/h4-11,13,19-20,23H,1-2,12H2,3H3. The highest BCUT2D eigenvalue weighted by atomic mass is 32.2. The van der Waals surface area contributed by atoms with Crippen molar-refractivity contribution in [2.45, 2.75) is 18.0 Å². The number of hydrogen-bond acceptors (Lipinski definition) is 6. The molecule has 2 aromatic rings. The monoisotopic (exact) mass is 403 g/mol. The number of rotatable bonds is 9. The van der Waals surface area contributed by atoms with Crippen LogP contribution in [0.25, 0.3) is 0 Å². The largest absolute Gasteiger partial charge is 0.376 e. The molecule has 0 aliphatic rings. The number of aliphatic hydroxyl groups is 1. The molecule has 0 aliphatic carbocycles. The Balaban J connectivity index is 2.61. The first-order valence-electron chi connectivity index (χ1n) is 8.27. The average molecular weight is 403 g/mol. The van der Waals surface area contributed by atoms with E-state index in [1.165, 1.54) is 30.3 Å². The maximum Gasteiger partial charge on any atom is 0.294 e. The first-order valence-corrected chi connectivity index (χ1v) is 9.71. The fourth-order valence-electron chi connectivity index (χ4n) is 2.49. The van der Waals surface area contributed by atoms with Crippen molar-refractivity contribution >= 4 is 27.1 Å². The van der Waals surface area contributed by atoms with Crippen LogP contribution in [0, 0.1) is 17.0 Å². The highest BCUT2D eigenvalue weighted by Crippen LogP contribution is 2.33. The van der Waals surface area contributed by atoms with Gasteiger partial charge in [0.05, 0.1) is 15.5 Å². The Morgan fingerprint density at radius 1 is 1.25 bits per heavy atom. The second-order valence-corrected chi connectivity index (χ2v) is 7.71. The molecule has 1 atom stereocenters. The van der Waals surface area contributed by atoms with Gasteiger partial charge >= 0.3 is 0 Å². The minimum absolute atomic E-state index is 0.0597. The average Bonchev–Trinajstić information content (AvgIpc) is 2.66. The predicted octanol–water partition coefficient (Wildman–Crippen LogP) is 3.20. The third-order valence-electron chi connectivity index (χ3n) is 3.90. The van der Waals surface area contributed by atoms with E-state index in [4.69, 9.17) is 0 Å². The lowest BCUT2D eigenvalue weighted by Gasteiger charge is -2.27. The van der Waals surface area contributed by atoms with Gasteiger partial charge in [-0.15, -0.1) is 6.58 Å². The first-order chi connectivity index (χ1) is 13.2. The van der Waals surface area contributed by atoms with Gasteiger partial charge in [-0.1, -0.05) is 30.4 Å². The molecule has 148 valence electrons. The molecule has 0 radical (unpaired) electrons. The van der Waals surface area contributed by atoms with Gasteiger partial charge in [-0.3, -0.25) is 10.1 Å². The molecular formula is C19H21N3O5S. The summed E-state index contributed by atoms with van der Waals surface area (Å²) in [6.45, 7) is 9.07. The van der Waals surface area contributed by atoms with Crippen LogP contribution >= 0.6 is 0 Å². The second-order valence-electron chi connectivity index (χ2n) is 5.89. The van der Waals surface area contributed by atoms with Gasteiger partial charge in [0.2, 0.25) is 0 Å². The van der Waals surface area contributed by atoms with Crippen LogP contribution in [0.15, 0.2) is 72.7 Å². The summed E-state index contributed by atoms with van der Waals surface area (Å²) in [5.74, 6) is 0. The van der Waals surface area contributed by atoms with E-state index in [9.17, 15) is 23.6 Å². The molecular weight excluding hydrogens is 382 g/mol. The first kappa shape index (κ1) is 21.1. The molecule has 28 heavy (non-hydrogen) atoms. The van der Waals surface area contributed by atoms with Crippen LogP contribution in [0.3, 0.4) is 0 Å². The van der Waals surface area contributed by atoms with Gasteiger partial charge in [-0.2, -0.15) is 0 Å². The summed E-state index contributed by atoms with van der Waals surface area (Å²) in [5.41, 5.74) is 0.668. The molecule has 9 heteroatoms. The summed E-state index contributed by atoms with van der Waals surface area (Å²) in [4.78, 5) is 10.8. The summed E-state index contributed by atoms with van der Waals surface area (Å²) in [6.07, 6.45) is 0.951. The van der Waals surface area contributed by atoms with Crippen LogP contribution in [-0.4, -0.2) is 31.2 Å². The number of nitro benzene ring substituents is 1. The van der Waals surface area contributed by atoms with E-state index >= 15 is 0 Å². The minimum Gasteiger partial charge on any atom is -0.376 e. The third kappa shape index (κ3) is 4.38. The van der Waals surface area contributed by atoms with Gasteiger partial charge in [0.15, 0.2) is 6.23 Å². The Morgan fingerprint density at radius 2 is 1.89 bits per heavy atom. The molecule has 0 fully saturated rings. The van der Waals surface area contributed by atoms with Gasteiger partial charge in [0.1, 0.15) is 5.69 Å². The number of anilines is 2. The maximum absolute atomic E-state index is 13.1. The zero-order valence-corrected chi connectivity index (χ0v) is 16.1. The van der Waals surface area contributed by atoms with Crippen LogP contribution in [0.2, 0.25) is 0 Å². The van der Waals surface area contributed by atoms with Crippen LogP contribution in [0.1, 0.15) is 5.56 Å². The Hall–Kier alpha value is -3.17. The number of benzene rings is 2. The quantitative estimate of drug-likeness (QED) is 0.288. The van der Waals surface area contributed by atoms with Crippen molar-refractivity contribution in [3.8, 4) is 0 Å². The van der Waals surface area contributed by atoms with E-state index in [1.54, 1.807) is 12.1 Å². The van der Waals surface area contributed by atoms with E-state index in [1.807, 2.05) is 6.92 Å². The van der Waals surface area contributed by atoms with Crippen LogP contribution < -0.4 is 9.62 Å². The molecule has 0 heterocycles. The van der Waals surface area contributed by atoms with E-state index in [-0.39, 0.29) is 22.0 Å². The summed E-state index contributed by atoms with van der Waals surface area (Å²) < 4.78 is 26.9. The van der Waals surface area contributed by atoms with Gasteiger partial charge in [0, 0.05) is 12.6 Å². The van der Waals surface area contributed by atoms with Crippen molar-refractivity contribution in [3.63, 3.8) is 0 Å². The molecule has 8 nitrogen and oxygen atoms in total. The Bertz CT molecular complexity index is 987. The molecule has 2 aromatic carbocycles. The SMILES string of the molecule is C=CCNc1ccc(N(C(O)C=C)S(=O)(=O)c2ccc(C)cc2)cc1[N+](=O)[O-]. The fourth-order valence-corrected chi connectivity index (χ4v) is 3.96. The normalized spacial score (nSPS) is 12.1. The number of sulfonamides is 1. The zero-order valence-electron chi connectivity index (χ0n) is 15.3. The number of nitrogens with zero attached hydrogens (tertiary/aromatic N) is 2. The Labute approximate surface area is 163 Å². The third-order valence-corrected chi connectivity index (χ3v) is 5.71. The van der Waals surface area contributed by atoms with E-state index in [0.717, 1.165) is 17.7 Å². The van der Waals surface area contributed by atoms with Gasteiger partial charge in [0.25, 0.3) is 15.7 Å². The van der Waals surface area contributed by atoms with Gasteiger partial charge in [-0.05, 0) is 37.3 Å². The molecule has 0 saturated heterocycles. The summed E-state index contributed by atoms with van der Waals surface area (Å²) in [6, 6.07) is 9.89. The minimum atomic E-state index is -4.20. The Kier molecular flexibility index (Phi) is 6.55. The molecule has 2 rings (SSSR count). The molecule has 0 saturated carbocycles. The summed E-state index contributed by atoms with van der Waals surface area (Å²) >= 11 is 0. The van der Waals surface area contributed by atoms with Gasteiger partial charge in [-0.25, -0.2) is 12.7 Å². The highest BCUT2D eigenvalue weighted by molar-refractivity contribution is 7.92. The molecule has 0 bridgehead atoms. The lowest BCUT2D eigenvalue weighted by molar-refractivity contribution is -0.383. The lowest BCUT2D eigenvalue weighted by Crippen LogP contribution is -2.39. The van der Waals surface area contributed by atoms with E-state index in [2.05, 4.69) is 18.5 Å². The second kappa shape index (κ2) is 8.68. The number of nitrogens with one attached hydrogen (secondary N) is 1. The van der Waals surface area contributed by atoms with Crippen molar-refractivity contribution in [2.75, 3.05) is 16.2 Å². The molecule has 0 aromatic heterocycles. The topological polar surface area (TPSA) is 113 Å². The molecule has 0 amide bonds. The van der Waals surface area contributed by atoms with Crippen LogP contribution in [0.4, 0.5) is 17.1 Å². The van der Waals surface area contributed by atoms with Crippen molar-refractivity contribution in [1.29, 1.82) is 0 Å². The zero-order chi connectivity index (χ0) is 20.9. The number of aliphatic hydroxyl groups excluding tert-OH is 1. The molecule has 0 spiro atoms. The molecule has 0 aliphatic heterocycles. The van der Waals surface area contributed by atoms with Crippen LogP contribution in [-0.2, 0) is 10.0 Å². The van der Waals surface area contributed by atoms with Crippen molar-refractivity contribution < 1.29 is 18.4 Å². The lowest BCUT2D eigenvalue weighted by atomic mass is 10.2. The van der Waals surface area contributed by atoms with Crippen LogP contribution in [0.5, 0.6) is 0 Å². The summed E-state index contributed by atoms with van der Waals surface area (Å²) in [7, 11) is -4.20. The number of nitro groups is 1. The van der Waals surface area contributed by atoms with E-state index in [0.29, 0.717) is 10.8 Å². The summed E-state index contributed by atoms with van der Waals surface area (Å²) in [5, 5.41) is 24.6. The van der Waals surface area contributed by atoms with Crippen molar-refractivity contribution in [2.24, 2.45) is 0 Å². The number of aryl methyl sites for hydroxylation is 1. The molecule has 1 unspecified atom stereocenters. The smallest absolute Gasteiger partial charge is 0.294 e. The predicted molar refractivity (Wildman–Crippen MR) is 109 cm³/mol. The van der Waals surface area contributed by atoms with Crippen molar-refractivity contribution in [1.82, 2.24) is 0 Å².